The molecule has 1 saturated heterocycles. The summed E-state index contributed by atoms with van der Waals surface area (Å²) in [6, 6.07) is 8.75. The highest BCUT2D eigenvalue weighted by Gasteiger charge is 2.20. The van der Waals surface area contributed by atoms with Crippen LogP contribution in [0.5, 0.6) is 0 Å². The number of hydrogen-bond donors (Lipinski definition) is 1. The van der Waals surface area contributed by atoms with Crippen molar-refractivity contribution >= 4 is 11.8 Å². The maximum absolute atomic E-state index is 12.8. The van der Waals surface area contributed by atoms with Gasteiger partial charge in [-0.1, -0.05) is 19.8 Å². The highest BCUT2D eigenvalue weighted by Crippen LogP contribution is 2.10. The van der Waals surface area contributed by atoms with Gasteiger partial charge in [0, 0.05) is 51.3 Å². The van der Waals surface area contributed by atoms with Crippen molar-refractivity contribution in [2.75, 3.05) is 39.3 Å². The first-order valence-corrected chi connectivity index (χ1v) is 9.43. The number of carbonyl (C=O) groups excluding carboxylic acids is 2. The molecule has 0 radical (unpaired) electrons. The molecule has 1 fully saturated rings. The van der Waals surface area contributed by atoms with Crippen LogP contribution in [-0.2, 0) is 4.79 Å². The maximum Gasteiger partial charge on any atom is 0.253 e. The molecule has 0 atom stereocenters. The molecule has 0 spiro atoms. The van der Waals surface area contributed by atoms with E-state index < -0.39 is 0 Å². The Labute approximate surface area is 155 Å². The fourth-order valence-electron chi connectivity index (χ4n) is 3.04. The normalized spacial score (nSPS) is 13.9. The van der Waals surface area contributed by atoms with E-state index >= 15 is 0 Å². The Hall–Kier alpha value is -2.39. The Bertz CT molecular complexity index is 630. The van der Waals surface area contributed by atoms with E-state index in [1.807, 2.05) is 4.90 Å². The van der Waals surface area contributed by atoms with E-state index in [1.54, 1.807) is 29.2 Å². The van der Waals surface area contributed by atoms with Gasteiger partial charge in [0.15, 0.2) is 0 Å². The van der Waals surface area contributed by atoms with Crippen LogP contribution in [0.2, 0.25) is 0 Å². The first-order valence-electron chi connectivity index (χ1n) is 9.43. The molecular weight excluding hydrogens is 328 g/mol. The molecule has 0 aliphatic carbocycles. The molecule has 1 aliphatic heterocycles. The van der Waals surface area contributed by atoms with Gasteiger partial charge >= 0.3 is 0 Å². The van der Waals surface area contributed by atoms with Gasteiger partial charge in [0.2, 0.25) is 5.91 Å². The molecular formula is C20H28N4O2. The SMILES string of the molecule is CCCCCN(CCC(=O)N1CCNCC1)C(=O)c1ccc(C#N)cc1. The monoisotopic (exact) mass is 356 g/mol. The minimum Gasteiger partial charge on any atom is -0.340 e. The summed E-state index contributed by atoms with van der Waals surface area (Å²) < 4.78 is 0. The van der Waals surface area contributed by atoms with Crippen LogP contribution in [0.3, 0.4) is 0 Å². The smallest absolute Gasteiger partial charge is 0.253 e. The Morgan fingerprint density at radius 2 is 1.85 bits per heavy atom. The number of nitriles is 1. The van der Waals surface area contributed by atoms with Gasteiger partial charge in [-0.15, -0.1) is 0 Å². The topological polar surface area (TPSA) is 76.4 Å². The average molecular weight is 356 g/mol. The number of rotatable bonds is 8. The third-order valence-corrected chi connectivity index (χ3v) is 4.65. The summed E-state index contributed by atoms with van der Waals surface area (Å²) in [5, 5.41) is 12.1. The van der Waals surface area contributed by atoms with Gasteiger partial charge in [-0.2, -0.15) is 5.26 Å². The van der Waals surface area contributed by atoms with Crippen LogP contribution < -0.4 is 5.32 Å². The quantitative estimate of drug-likeness (QED) is 0.723. The van der Waals surface area contributed by atoms with Crippen LogP contribution in [0.25, 0.3) is 0 Å². The molecule has 0 saturated carbocycles. The van der Waals surface area contributed by atoms with E-state index in [0.717, 1.165) is 45.4 Å². The van der Waals surface area contributed by atoms with Crippen molar-refractivity contribution in [2.45, 2.75) is 32.6 Å². The number of nitrogens with zero attached hydrogens (tertiary/aromatic N) is 3. The predicted molar refractivity (Wildman–Crippen MR) is 101 cm³/mol. The molecule has 2 amide bonds. The highest BCUT2D eigenvalue weighted by molar-refractivity contribution is 5.94. The van der Waals surface area contributed by atoms with Gasteiger partial charge in [-0.05, 0) is 30.7 Å². The Morgan fingerprint density at radius 3 is 2.46 bits per heavy atom. The zero-order valence-corrected chi connectivity index (χ0v) is 15.5. The molecule has 6 nitrogen and oxygen atoms in total. The van der Waals surface area contributed by atoms with Gasteiger partial charge in [-0.25, -0.2) is 0 Å². The zero-order valence-electron chi connectivity index (χ0n) is 15.5. The minimum absolute atomic E-state index is 0.0706. The number of benzene rings is 1. The number of piperazine rings is 1. The largest absolute Gasteiger partial charge is 0.340 e. The van der Waals surface area contributed by atoms with Crippen molar-refractivity contribution in [3.63, 3.8) is 0 Å². The number of nitrogens with one attached hydrogen (secondary N) is 1. The number of unbranched alkanes of at least 4 members (excludes halogenated alkanes) is 2. The minimum atomic E-state index is -0.0706. The molecule has 1 aromatic carbocycles. The number of carbonyl (C=O) groups is 2. The lowest BCUT2D eigenvalue weighted by Crippen LogP contribution is -2.47. The Balaban J connectivity index is 1.97. The standard InChI is InChI=1S/C20H28N4O2/c1-2-3-4-12-24(13-9-19(25)23-14-10-22-11-15-23)20(26)18-7-5-17(16-21)6-8-18/h5-8,22H,2-4,9-15H2,1H3. The molecule has 1 heterocycles. The average Bonchev–Trinajstić information content (AvgIpc) is 2.70. The molecule has 1 aromatic rings. The second-order valence-electron chi connectivity index (χ2n) is 6.57. The summed E-state index contributed by atoms with van der Waals surface area (Å²) in [4.78, 5) is 28.9. The molecule has 26 heavy (non-hydrogen) atoms. The zero-order chi connectivity index (χ0) is 18.8. The first kappa shape index (κ1) is 19.9. The predicted octanol–water partition coefficient (Wildman–Crippen LogP) is 2.01. The van der Waals surface area contributed by atoms with Crippen LogP contribution >= 0.6 is 0 Å². The third-order valence-electron chi connectivity index (χ3n) is 4.65. The lowest BCUT2D eigenvalue weighted by atomic mass is 10.1. The summed E-state index contributed by atoms with van der Waals surface area (Å²) in [5.74, 6) is 0.0401. The van der Waals surface area contributed by atoms with E-state index in [0.29, 0.717) is 30.6 Å². The van der Waals surface area contributed by atoms with Crippen molar-refractivity contribution in [1.29, 1.82) is 5.26 Å². The second kappa shape index (κ2) is 10.6. The molecule has 0 unspecified atom stereocenters. The lowest BCUT2D eigenvalue weighted by molar-refractivity contribution is -0.131. The molecule has 1 aliphatic rings. The molecule has 0 bridgehead atoms. The van der Waals surface area contributed by atoms with E-state index in [1.165, 1.54) is 0 Å². The van der Waals surface area contributed by atoms with E-state index in [2.05, 4.69) is 18.3 Å². The van der Waals surface area contributed by atoms with Crippen LogP contribution in [-0.4, -0.2) is 60.9 Å². The van der Waals surface area contributed by atoms with Gasteiger partial charge in [-0.3, -0.25) is 9.59 Å². The highest BCUT2D eigenvalue weighted by atomic mass is 16.2. The van der Waals surface area contributed by atoms with Crippen LogP contribution in [0.4, 0.5) is 0 Å². The fraction of sp³-hybridized carbons (Fsp3) is 0.550. The molecule has 1 N–H and O–H groups in total. The summed E-state index contributed by atoms with van der Waals surface area (Å²) in [6.45, 7) is 6.34. The summed E-state index contributed by atoms with van der Waals surface area (Å²) in [6.07, 6.45) is 3.43. The fourth-order valence-corrected chi connectivity index (χ4v) is 3.04. The molecule has 140 valence electrons. The first-order chi connectivity index (χ1) is 12.7. The van der Waals surface area contributed by atoms with Crippen molar-refractivity contribution < 1.29 is 9.59 Å². The van der Waals surface area contributed by atoms with Gasteiger partial charge in [0.1, 0.15) is 0 Å². The van der Waals surface area contributed by atoms with Crippen molar-refractivity contribution in [3.8, 4) is 6.07 Å². The van der Waals surface area contributed by atoms with Crippen molar-refractivity contribution in [2.24, 2.45) is 0 Å². The van der Waals surface area contributed by atoms with Crippen molar-refractivity contribution in [3.05, 3.63) is 35.4 Å². The van der Waals surface area contributed by atoms with Gasteiger partial charge in [0.05, 0.1) is 11.6 Å². The molecule has 2 rings (SSSR count). The second-order valence-corrected chi connectivity index (χ2v) is 6.57. The number of amides is 2. The third kappa shape index (κ3) is 5.85. The summed E-state index contributed by atoms with van der Waals surface area (Å²) in [5.41, 5.74) is 1.10. The van der Waals surface area contributed by atoms with E-state index in [4.69, 9.17) is 5.26 Å². The van der Waals surface area contributed by atoms with Crippen LogP contribution in [0.15, 0.2) is 24.3 Å². The van der Waals surface area contributed by atoms with Gasteiger partial charge < -0.3 is 15.1 Å². The van der Waals surface area contributed by atoms with Crippen LogP contribution in [0, 0.1) is 11.3 Å². The van der Waals surface area contributed by atoms with Crippen molar-refractivity contribution in [1.82, 2.24) is 15.1 Å². The molecule has 6 heteroatoms. The Morgan fingerprint density at radius 1 is 1.15 bits per heavy atom. The van der Waals surface area contributed by atoms with Crippen LogP contribution in [0.1, 0.15) is 48.5 Å². The summed E-state index contributed by atoms with van der Waals surface area (Å²) >= 11 is 0. The maximum atomic E-state index is 12.8. The Kier molecular flexibility index (Phi) is 8.10. The lowest BCUT2D eigenvalue weighted by Gasteiger charge is -2.29. The van der Waals surface area contributed by atoms with E-state index in [-0.39, 0.29) is 11.8 Å². The van der Waals surface area contributed by atoms with E-state index in [9.17, 15) is 9.59 Å². The number of hydrogen-bond acceptors (Lipinski definition) is 4. The summed E-state index contributed by atoms with van der Waals surface area (Å²) in [7, 11) is 0. The molecule has 0 aromatic heterocycles. The van der Waals surface area contributed by atoms with Gasteiger partial charge in [0.25, 0.3) is 5.91 Å².